The average Bonchev–Trinajstić information content (AvgIpc) is 2.42. The lowest BCUT2D eigenvalue weighted by molar-refractivity contribution is -0.114. The standard InChI is InChI=1S/C15H12ClNO2S/c1-10(19)17-13-3-5-14(6-4-13)20-15-7-2-12(16)8-11(15)9-18/h2-9H,1H3,(H,17,19). The summed E-state index contributed by atoms with van der Waals surface area (Å²) in [5.74, 6) is -0.105. The van der Waals surface area contributed by atoms with E-state index in [9.17, 15) is 9.59 Å². The normalized spacial score (nSPS) is 10.1. The Morgan fingerprint density at radius 3 is 2.50 bits per heavy atom. The molecule has 2 aromatic rings. The summed E-state index contributed by atoms with van der Waals surface area (Å²) in [6.45, 7) is 1.47. The highest BCUT2D eigenvalue weighted by Gasteiger charge is 2.05. The Kier molecular flexibility index (Phi) is 4.82. The fraction of sp³-hybridized carbons (Fsp3) is 0.0667. The van der Waals surface area contributed by atoms with E-state index in [2.05, 4.69) is 5.32 Å². The Morgan fingerprint density at radius 2 is 1.90 bits per heavy atom. The minimum Gasteiger partial charge on any atom is -0.326 e. The molecule has 0 fully saturated rings. The Hall–Kier alpha value is -1.78. The number of carbonyl (C=O) groups excluding carboxylic acids is 2. The number of hydrogen-bond acceptors (Lipinski definition) is 3. The Morgan fingerprint density at radius 1 is 1.20 bits per heavy atom. The third kappa shape index (κ3) is 3.85. The first-order valence-corrected chi connectivity index (χ1v) is 7.08. The van der Waals surface area contributed by atoms with Crippen LogP contribution >= 0.6 is 23.4 Å². The molecule has 0 heterocycles. The van der Waals surface area contributed by atoms with E-state index in [1.165, 1.54) is 18.7 Å². The summed E-state index contributed by atoms with van der Waals surface area (Å²) < 4.78 is 0. The van der Waals surface area contributed by atoms with Gasteiger partial charge in [-0.15, -0.1) is 0 Å². The lowest BCUT2D eigenvalue weighted by Gasteiger charge is -2.06. The lowest BCUT2D eigenvalue weighted by atomic mass is 10.2. The summed E-state index contributed by atoms with van der Waals surface area (Å²) in [5, 5.41) is 3.24. The lowest BCUT2D eigenvalue weighted by Crippen LogP contribution is -2.05. The first kappa shape index (κ1) is 14.6. The molecule has 0 aliphatic carbocycles. The molecule has 0 atom stereocenters. The van der Waals surface area contributed by atoms with Crippen molar-refractivity contribution in [1.82, 2.24) is 0 Å². The molecule has 2 aromatic carbocycles. The maximum Gasteiger partial charge on any atom is 0.221 e. The van der Waals surface area contributed by atoms with Gasteiger partial charge in [-0.05, 0) is 42.5 Å². The van der Waals surface area contributed by atoms with E-state index in [1.807, 2.05) is 30.3 Å². The van der Waals surface area contributed by atoms with Crippen LogP contribution in [-0.4, -0.2) is 12.2 Å². The zero-order valence-electron chi connectivity index (χ0n) is 10.7. The van der Waals surface area contributed by atoms with Crippen molar-refractivity contribution in [3.8, 4) is 0 Å². The average molecular weight is 306 g/mol. The molecule has 0 saturated heterocycles. The second-order valence-electron chi connectivity index (χ2n) is 4.11. The summed E-state index contributed by atoms with van der Waals surface area (Å²) in [6, 6.07) is 12.6. The molecule has 0 spiro atoms. The highest BCUT2D eigenvalue weighted by molar-refractivity contribution is 7.99. The van der Waals surface area contributed by atoms with Crippen LogP contribution in [0.4, 0.5) is 5.69 Å². The third-order valence-electron chi connectivity index (χ3n) is 2.50. The Labute approximate surface area is 126 Å². The van der Waals surface area contributed by atoms with Crippen LogP contribution in [0.25, 0.3) is 0 Å². The maximum absolute atomic E-state index is 11.0. The van der Waals surface area contributed by atoms with Crippen LogP contribution in [0.3, 0.4) is 0 Å². The minimum absolute atomic E-state index is 0.105. The number of anilines is 1. The van der Waals surface area contributed by atoms with Crippen LogP contribution in [0.5, 0.6) is 0 Å². The van der Waals surface area contributed by atoms with Gasteiger partial charge in [0, 0.05) is 33.0 Å². The first-order chi connectivity index (χ1) is 9.58. The third-order valence-corrected chi connectivity index (χ3v) is 3.84. The van der Waals surface area contributed by atoms with Crippen LogP contribution in [0.2, 0.25) is 5.02 Å². The fourth-order valence-electron chi connectivity index (χ4n) is 1.64. The first-order valence-electron chi connectivity index (χ1n) is 5.89. The summed E-state index contributed by atoms with van der Waals surface area (Å²) in [7, 11) is 0. The Bertz CT molecular complexity index is 641. The summed E-state index contributed by atoms with van der Waals surface area (Å²) in [5.41, 5.74) is 1.31. The minimum atomic E-state index is -0.105. The molecule has 0 aliphatic heterocycles. The van der Waals surface area contributed by atoms with Gasteiger partial charge in [0.2, 0.25) is 5.91 Å². The molecule has 3 nitrogen and oxygen atoms in total. The zero-order valence-corrected chi connectivity index (χ0v) is 12.3. The number of halogens is 1. The SMILES string of the molecule is CC(=O)Nc1ccc(Sc2ccc(Cl)cc2C=O)cc1. The molecule has 102 valence electrons. The van der Waals surface area contributed by atoms with E-state index in [1.54, 1.807) is 12.1 Å². The molecule has 0 aromatic heterocycles. The molecule has 0 saturated carbocycles. The van der Waals surface area contributed by atoms with Crippen LogP contribution < -0.4 is 5.32 Å². The van der Waals surface area contributed by atoms with Gasteiger partial charge >= 0.3 is 0 Å². The quantitative estimate of drug-likeness (QED) is 0.858. The molecule has 0 aliphatic rings. The molecule has 2 rings (SSSR count). The number of amides is 1. The number of rotatable bonds is 4. The van der Waals surface area contributed by atoms with E-state index in [-0.39, 0.29) is 5.91 Å². The molecule has 20 heavy (non-hydrogen) atoms. The summed E-state index contributed by atoms with van der Waals surface area (Å²) in [6.07, 6.45) is 0.792. The van der Waals surface area contributed by atoms with Crippen molar-refractivity contribution in [3.63, 3.8) is 0 Å². The maximum atomic E-state index is 11.0. The largest absolute Gasteiger partial charge is 0.326 e. The molecule has 1 amide bonds. The second kappa shape index (κ2) is 6.59. The summed E-state index contributed by atoms with van der Waals surface area (Å²) in [4.78, 5) is 23.8. The molecule has 1 N–H and O–H groups in total. The number of carbonyl (C=O) groups is 2. The molecule has 0 bridgehead atoms. The predicted molar refractivity (Wildman–Crippen MR) is 81.7 cm³/mol. The van der Waals surface area contributed by atoms with E-state index in [4.69, 9.17) is 11.6 Å². The van der Waals surface area contributed by atoms with Gasteiger partial charge in [0.05, 0.1) is 0 Å². The highest BCUT2D eigenvalue weighted by Crippen LogP contribution is 2.31. The fourth-order valence-corrected chi connectivity index (χ4v) is 2.71. The van der Waals surface area contributed by atoms with E-state index >= 15 is 0 Å². The predicted octanol–water partition coefficient (Wildman–Crippen LogP) is 4.26. The van der Waals surface area contributed by atoms with Gasteiger partial charge in [0.25, 0.3) is 0 Å². The van der Waals surface area contributed by atoms with E-state index < -0.39 is 0 Å². The number of nitrogens with one attached hydrogen (secondary N) is 1. The second-order valence-corrected chi connectivity index (χ2v) is 5.66. The molecule has 0 radical (unpaired) electrons. The van der Waals surface area contributed by atoms with Gasteiger partial charge in [-0.25, -0.2) is 0 Å². The highest BCUT2D eigenvalue weighted by atomic mass is 35.5. The molecular formula is C15H12ClNO2S. The van der Waals surface area contributed by atoms with Crippen LogP contribution in [0, 0.1) is 0 Å². The van der Waals surface area contributed by atoms with Gasteiger partial charge in [0.1, 0.15) is 0 Å². The van der Waals surface area contributed by atoms with Gasteiger partial charge in [-0.2, -0.15) is 0 Å². The number of hydrogen-bond donors (Lipinski definition) is 1. The molecule has 0 unspecified atom stereocenters. The Balaban J connectivity index is 2.18. The smallest absolute Gasteiger partial charge is 0.221 e. The molecular weight excluding hydrogens is 294 g/mol. The van der Waals surface area contributed by atoms with Gasteiger partial charge < -0.3 is 5.32 Å². The van der Waals surface area contributed by atoms with Crippen LogP contribution in [0.1, 0.15) is 17.3 Å². The van der Waals surface area contributed by atoms with Gasteiger partial charge in [-0.3, -0.25) is 9.59 Å². The van der Waals surface area contributed by atoms with Crippen molar-refractivity contribution in [1.29, 1.82) is 0 Å². The number of aldehydes is 1. The zero-order chi connectivity index (χ0) is 14.5. The van der Waals surface area contributed by atoms with Crippen LogP contribution in [-0.2, 0) is 4.79 Å². The monoisotopic (exact) mass is 305 g/mol. The van der Waals surface area contributed by atoms with Crippen LogP contribution in [0.15, 0.2) is 52.3 Å². The van der Waals surface area contributed by atoms with Gasteiger partial charge in [-0.1, -0.05) is 23.4 Å². The summed E-state index contributed by atoms with van der Waals surface area (Å²) >= 11 is 7.33. The van der Waals surface area contributed by atoms with Crippen molar-refractivity contribution < 1.29 is 9.59 Å². The molecule has 5 heteroatoms. The van der Waals surface area contributed by atoms with Gasteiger partial charge in [0.15, 0.2) is 6.29 Å². The van der Waals surface area contributed by atoms with Crippen molar-refractivity contribution in [3.05, 3.63) is 53.1 Å². The van der Waals surface area contributed by atoms with Crippen molar-refractivity contribution in [2.45, 2.75) is 16.7 Å². The van der Waals surface area contributed by atoms with Crippen molar-refractivity contribution in [2.75, 3.05) is 5.32 Å². The van der Waals surface area contributed by atoms with E-state index in [0.29, 0.717) is 10.6 Å². The number of benzene rings is 2. The van der Waals surface area contributed by atoms with Crippen molar-refractivity contribution >= 4 is 41.2 Å². The van der Waals surface area contributed by atoms with Crippen molar-refractivity contribution in [2.24, 2.45) is 0 Å². The topological polar surface area (TPSA) is 46.2 Å². The van der Waals surface area contributed by atoms with E-state index in [0.717, 1.165) is 21.8 Å².